The highest BCUT2D eigenvalue weighted by Crippen LogP contribution is 2.78. The standard InChI is InChI=1S/C26H32O9/c1-22(2)15-9-16(27)24(4)14(25(15)12-33-18(28)10-17(25)34-22)5-7-23(3,19(29)13-6-8-32-11-13)26(24)20(35-26)21(30)31/h6,8,11,14-15,17,19-20,29H,5,7,9-10,12H2,1-4H3,(H,30,31)/t14?,15-,17-,19+,20-,23-,24+,25-,26+/m0/s1. The van der Waals surface area contributed by atoms with Crippen LogP contribution in [-0.2, 0) is 28.6 Å². The molecule has 6 rings (SSSR count). The number of carboxylic acid groups (broad SMARTS) is 1. The van der Waals surface area contributed by atoms with Gasteiger partial charge >= 0.3 is 11.9 Å². The quantitative estimate of drug-likeness (QED) is 0.486. The van der Waals surface area contributed by atoms with Gasteiger partial charge < -0.3 is 28.8 Å². The van der Waals surface area contributed by atoms with Crippen LogP contribution in [-0.4, -0.2) is 58.0 Å². The summed E-state index contributed by atoms with van der Waals surface area (Å²) in [7, 11) is 0. The molecule has 2 N–H and O–H groups in total. The third kappa shape index (κ3) is 2.47. The maximum absolute atomic E-state index is 14.2. The number of carbonyl (C=O) groups is 3. The SMILES string of the molecule is CC1(C)O[C@H]2CC(=O)OC[C@@]23C2CC[C@@](C)([C@H](O)c4ccoc4)[C@@]4(O[C@H]4C(=O)O)[C@@]2(C)C(=O)C[C@@H]13. The van der Waals surface area contributed by atoms with Crippen molar-refractivity contribution in [2.24, 2.45) is 28.1 Å². The Morgan fingerprint density at radius 1 is 1.11 bits per heavy atom. The number of Topliss-reactive ketones (excluding diaryl/α,β-unsaturated/α-hetero) is 1. The highest BCUT2D eigenvalue weighted by Gasteiger charge is 2.87. The van der Waals surface area contributed by atoms with Crippen molar-refractivity contribution in [1.29, 1.82) is 0 Å². The first-order valence-corrected chi connectivity index (χ1v) is 12.3. The van der Waals surface area contributed by atoms with Gasteiger partial charge in [0.25, 0.3) is 0 Å². The van der Waals surface area contributed by atoms with Crippen molar-refractivity contribution in [2.45, 2.75) is 82.9 Å². The third-order valence-corrected chi connectivity index (χ3v) is 10.6. The number of carboxylic acids is 1. The number of fused-ring (bicyclic) bond motifs is 2. The zero-order chi connectivity index (χ0) is 25.2. The Balaban J connectivity index is 1.53. The number of esters is 1. The molecule has 1 unspecified atom stereocenters. The minimum atomic E-state index is -1.43. The molecule has 4 heterocycles. The molecule has 0 aromatic carbocycles. The molecule has 9 heteroatoms. The first-order chi connectivity index (χ1) is 16.4. The molecule has 1 aromatic rings. The maximum Gasteiger partial charge on any atom is 0.335 e. The number of cyclic esters (lactones) is 1. The number of furan rings is 1. The van der Waals surface area contributed by atoms with Crippen molar-refractivity contribution in [2.75, 3.05) is 6.61 Å². The van der Waals surface area contributed by atoms with Crippen molar-refractivity contribution in [3.63, 3.8) is 0 Å². The van der Waals surface area contributed by atoms with E-state index in [2.05, 4.69) is 0 Å². The van der Waals surface area contributed by atoms with Crippen LogP contribution in [0.4, 0.5) is 0 Å². The van der Waals surface area contributed by atoms with Gasteiger partial charge in [0.15, 0.2) is 6.10 Å². The lowest BCUT2D eigenvalue weighted by atomic mass is 9.37. The van der Waals surface area contributed by atoms with Crippen LogP contribution >= 0.6 is 0 Å². The molecule has 3 saturated heterocycles. The van der Waals surface area contributed by atoms with Crippen LogP contribution in [0.1, 0.15) is 65.0 Å². The lowest BCUT2D eigenvalue weighted by molar-refractivity contribution is -0.218. The highest BCUT2D eigenvalue weighted by molar-refractivity contribution is 5.92. The van der Waals surface area contributed by atoms with Crippen molar-refractivity contribution in [3.05, 3.63) is 24.2 Å². The van der Waals surface area contributed by atoms with Gasteiger partial charge in [-0.1, -0.05) is 6.92 Å². The maximum atomic E-state index is 14.2. The molecule has 0 bridgehead atoms. The zero-order valence-electron chi connectivity index (χ0n) is 20.4. The molecule has 9 atom stereocenters. The largest absolute Gasteiger partial charge is 0.479 e. The van der Waals surface area contributed by atoms with E-state index in [1.54, 1.807) is 6.07 Å². The molecule has 35 heavy (non-hydrogen) atoms. The lowest BCUT2D eigenvalue weighted by Crippen LogP contribution is -2.71. The summed E-state index contributed by atoms with van der Waals surface area (Å²) in [5.74, 6) is -2.08. The highest BCUT2D eigenvalue weighted by atomic mass is 16.6. The van der Waals surface area contributed by atoms with E-state index in [4.69, 9.17) is 18.6 Å². The van der Waals surface area contributed by atoms with E-state index in [0.29, 0.717) is 18.4 Å². The summed E-state index contributed by atoms with van der Waals surface area (Å²) in [5.41, 5.74) is -4.49. The summed E-state index contributed by atoms with van der Waals surface area (Å²) in [4.78, 5) is 38.9. The van der Waals surface area contributed by atoms with E-state index in [-0.39, 0.29) is 43.0 Å². The minimum Gasteiger partial charge on any atom is -0.479 e. The molecule has 5 fully saturated rings. The second kappa shape index (κ2) is 6.75. The number of hydrogen-bond donors (Lipinski definition) is 2. The summed E-state index contributed by atoms with van der Waals surface area (Å²) in [5, 5.41) is 21.7. The van der Waals surface area contributed by atoms with Gasteiger partial charge in [0.2, 0.25) is 0 Å². The van der Waals surface area contributed by atoms with Crippen LogP contribution < -0.4 is 0 Å². The van der Waals surface area contributed by atoms with Crippen LogP contribution in [0.25, 0.3) is 0 Å². The molecule has 0 radical (unpaired) electrons. The Kier molecular flexibility index (Phi) is 4.47. The number of aliphatic carboxylic acids is 1. The fourth-order valence-electron chi connectivity index (χ4n) is 8.99. The molecular formula is C26H32O9. The van der Waals surface area contributed by atoms with Crippen molar-refractivity contribution >= 4 is 17.7 Å². The summed E-state index contributed by atoms with van der Waals surface area (Å²) < 4.78 is 23.4. The smallest absolute Gasteiger partial charge is 0.335 e. The van der Waals surface area contributed by atoms with Crippen molar-refractivity contribution in [3.8, 4) is 0 Å². The molecule has 2 spiro atoms. The Morgan fingerprint density at radius 2 is 1.86 bits per heavy atom. The number of carbonyl (C=O) groups excluding carboxylic acids is 2. The Hall–Kier alpha value is -2.23. The van der Waals surface area contributed by atoms with Gasteiger partial charge in [0, 0.05) is 28.7 Å². The van der Waals surface area contributed by atoms with E-state index in [0.717, 1.165) is 0 Å². The Labute approximate surface area is 203 Å². The van der Waals surface area contributed by atoms with Crippen LogP contribution in [0, 0.1) is 28.1 Å². The number of hydrogen-bond acceptors (Lipinski definition) is 8. The van der Waals surface area contributed by atoms with Crippen molar-refractivity contribution < 1.29 is 43.2 Å². The minimum absolute atomic E-state index is 0.0820. The Bertz CT molecular complexity index is 1110. The zero-order valence-corrected chi connectivity index (χ0v) is 20.4. The first-order valence-electron chi connectivity index (χ1n) is 12.3. The van der Waals surface area contributed by atoms with E-state index >= 15 is 0 Å². The molecule has 3 aliphatic heterocycles. The lowest BCUT2D eigenvalue weighted by Gasteiger charge is -2.64. The topological polar surface area (TPSA) is 136 Å². The summed E-state index contributed by atoms with van der Waals surface area (Å²) >= 11 is 0. The monoisotopic (exact) mass is 488 g/mol. The van der Waals surface area contributed by atoms with Gasteiger partial charge in [0.1, 0.15) is 18.0 Å². The number of aliphatic hydroxyl groups excluding tert-OH is 1. The molecule has 1 aromatic heterocycles. The number of ketones is 1. The summed E-state index contributed by atoms with van der Waals surface area (Å²) in [6, 6.07) is 1.65. The molecular weight excluding hydrogens is 456 g/mol. The second-order valence-electron chi connectivity index (χ2n) is 12.1. The van der Waals surface area contributed by atoms with Crippen LogP contribution in [0.3, 0.4) is 0 Å². The molecule has 0 amide bonds. The molecule has 2 aliphatic carbocycles. The van der Waals surface area contributed by atoms with E-state index in [1.807, 2.05) is 27.7 Å². The van der Waals surface area contributed by atoms with Crippen LogP contribution in [0.2, 0.25) is 0 Å². The number of epoxide rings is 1. The fourth-order valence-corrected chi connectivity index (χ4v) is 8.99. The predicted molar refractivity (Wildman–Crippen MR) is 118 cm³/mol. The average molecular weight is 489 g/mol. The molecule has 190 valence electrons. The average Bonchev–Trinajstić information content (AvgIpc) is 3.25. The fraction of sp³-hybridized carbons (Fsp3) is 0.731. The number of ether oxygens (including phenoxy) is 3. The van der Waals surface area contributed by atoms with Gasteiger partial charge in [-0.15, -0.1) is 0 Å². The third-order valence-electron chi connectivity index (χ3n) is 10.6. The second-order valence-corrected chi connectivity index (χ2v) is 12.1. The molecule has 5 aliphatic rings. The first kappa shape index (κ1) is 23.2. The Morgan fingerprint density at radius 3 is 2.49 bits per heavy atom. The van der Waals surface area contributed by atoms with Gasteiger partial charge in [-0.2, -0.15) is 0 Å². The van der Waals surface area contributed by atoms with Gasteiger partial charge in [-0.25, -0.2) is 4.79 Å². The van der Waals surface area contributed by atoms with Crippen molar-refractivity contribution in [1.82, 2.24) is 0 Å². The normalized spacial score (nSPS) is 48.5. The van der Waals surface area contributed by atoms with Crippen LogP contribution in [0.15, 0.2) is 23.0 Å². The van der Waals surface area contributed by atoms with Crippen LogP contribution in [0.5, 0.6) is 0 Å². The van der Waals surface area contributed by atoms with E-state index in [1.165, 1.54) is 12.5 Å². The summed E-state index contributed by atoms with van der Waals surface area (Å²) in [6.45, 7) is 7.67. The van der Waals surface area contributed by atoms with Gasteiger partial charge in [-0.3, -0.25) is 9.59 Å². The van der Waals surface area contributed by atoms with E-state index < -0.39 is 51.7 Å². The van der Waals surface area contributed by atoms with Gasteiger partial charge in [0.05, 0.1) is 42.2 Å². The predicted octanol–water partition coefficient (Wildman–Crippen LogP) is 2.66. The molecule has 2 saturated carbocycles. The van der Waals surface area contributed by atoms with E-state index in [9.17, 15) is 24.6 Å². The number of rotatable bonds is 3. The number of aliphatic hydroxyl groups is 1. The summed E-state index contributed by atoms with van der Waals surface area (Å²) in [6.07, 6.45) is 1.37. The molecule has 9 nitrogen and oxygen atoms in total. The van der Waals surface area contributed by atoms with Gasteiger partial charge in [-0.05, 0) is 45.6 Å².